The molecular weight excluding hydrogens is 412 g/mol. The van der Waals surface area contributed by atoms with Gasteiger partial charge in [-0.1, -0.05) is 43.7 Å². The number of carboxylic acid groups (broad SMARTS) is 1. The zero-order valence-corrected chi connectivity index (χ0v) is 17.9. The quantitative estimate of drug-likeness (QED) is 0.569. The molecule has 2 heterocycles. The van der Waals surface area contributed by atoms with Gasteiger partial charge in [0.25, 0.3) is 0 Å². The normalized spacial score (nSPS) is 26.9. The Morgan fingerprint density at radius 1 is 1.16 bits per heavy atom. The Morgan fingerprint density at radius 2 is 1.88 bits per heavy atom. The van der Waals surface area contributed by atoms with Gasteiger partial charge >= 0.3 is 5.97 Å². The molecule has 2 aliphatic heterocycles. The van der Waals surface area contributed by atoms with E-state index in [1.165, 1.54) is 13.2 Å². The maximum atomic E-state index is 13.5. The lowest BCUT2D eigenvalue weighted by atomic mass is 9.77. The van der Waals surface area contributed by atoms with E-state index in [0.717, 1.165) is 10.5 Å². The Hall–Kier alpha value is -3.39. The van der Waals surface area contributed by atoms with Crippen LogP contribution in [0.15, 0.2) is 48.5 Å². The van der Waals surface area contributed by atoms with Gasteiger partial charge in [0.15, 0.2) is 0 Å². The number of benzene rings is 2. The number of nitrogens with zero attached hydrogens (tertiary/aromatic N) is 1. The molecule has 168 valence electrons. The molecule has 0 unspecified atom stereocenters. The summed E-state index contributed by atoms with van der Waals surface area (Å²) in [5, 5.41) is 23.9. The van der Waals surface area contributed by atoms with Crippen molar-refractivity contribution < 1.29 is 29.3 Å². The molecule has 2 aromatic rings. The molecule has 2 aromatic carbocycles. The summed E-state index contributed by atoms with van der Waals surface area (Å²) in [6.07, 6.45) is 0.669. The molecule has 2 aliphatic rings. The van der Waals surface area contributed by atoms with Gasteiger partial charge in [0.1, 0.15) is 17.0 Å². The Morgan fingerprint density at radius 3 is 2.50 bits per heavy atom. The number of ether oxygens (including phenoxy) is 1. The number of nitrogens with one attached hydrogen (secondary N) is 1. The van der Waals surface area contributed by atoms with Crippen molar-refractivity contribution in [3.8, 4) is 11.5 Å². The number of aromatic hydroxyl groups is 1. The minimum absolute atomic E-state index is 0.0736. The van der Waals surface area contributed by atoms with Crippen LogP contribution in [0.4, 0.5) is 0 Å². The van der Waals surface area contributed by atoms with Crippen molar-refractivity contribution in [2.75, 3.05) is 7.11 Å². The third-order valence-electron chi connectivity index (χ3n) is 6.52. The number of hydrogen-bond acceptors (Lipinski definition) is 6. The first-order chi connectivity index (χ1) is 15.3. The fourth-order valence-corrected chi connectivity index (χ4v) is 5.09. The molecule has 0 saturated carbocycles. The second kappa shape index (κ2) is 8.27. The van der Waals surface area contributed by atoms with E-state index in [0.29, 0.717) is 17.7 Å². The molecule has 2 saturated heterocycles. The van der Waals surface area contributed by atoms with Crippen LogP contribution in [-0.4, -0.2) is 45.5 Å². The number of likely N-dealkylation sites (tertiary alicyclic amines) is 1. The molecule has 32 heavy (non-hydrogen) atoms. The maximum Gasteiger partial charge on any atom is 0.324 e. The number of rotatable bonds is 7. The van der Waals surface area contributed by atoms with Crippen molar-refractivity contribution in [2.24, 2.45) is 11.8 Å². The highest BCUT2D eigenvalue weighted by Crippen LogP contribution is 2.52. The van der Waals surface area contributed by atoms with Crippen LogP contribution in [0.2, 0.25) is 0 Å². The molecule has 3 N–H and O–H groups in total. The fourth-order valence-electron chi connectivity index (χ4n) is 5.09. The summed E-state index contributed by atoms with van der Waals surface area (Å²) in [6.45, 7) is 1.91. The van der Waals surface area contributed by atoms with Crippen LogP contribution >= 0.6 is 0 Å². The van der Waals surface area contributed by atoms with E-state index < -0.39 is 41.2 Å². The van der Waals surface area contributed by atoms with Crippen LogP contribution < -0.4 is 10.1 Å². The van der Waals surface area contributed by atoms with E-state index in [1.807, 2.05) is 37.3 Å². The third-order valence-corrected chi connectivity index (χ3v) is 6.52. The lowest BCUT2D eigenvalue weighted by Gasteiger charge is -2.31. The Labute approximate surface area is 185 Å². The smallest absolute Gasteiger partial charge is 0.324 e. The number of methoxy groups -OCH3 is 1. The van der Waals surface area contributed by atoms with Crippen molar-refractivity contribution in [1.82, 2.24) is 10.2 Å². The fraction of sp³-hybridized carbons (Fsp3) is 0.375. The van der Waals surface area contributed by atoms with E-state index in [4.69, 9.17) is 4.74 Å². The summed E-state index contributed by atoms with van der Waals surface area (Å²) < 4.78 is 5.26. The third kappa shape index (κ3) is 3.31. The van der Waals surface area contributed by atoms with Crippen molar-refractivity contribution >= 4 is 17.8 Å². The SMILES string of the molecule is CCC[C@]1(C(=O)O)N[C@H](c2cc(OC)ccc2O)[C@H]2C(=O)N(Cc3ccccc3)C(=O)[C@H]21. The van der Waals surface area contributed by atoms with Crippen molar-refractivity contribution in [3.63, 3.8) is 0 Å². The van der Waals surface area contributed by atoms with Crippen LogP contribution in [-0.2, 0) is 20.9 Å². The molecule has 0 bridgehead atoms. The van der Waals surface area contributed by atoms with Crippen molar-refractivity contribution in [3.05, 3.63) is 59.7 Å². The highest BCUT2D eigenvalue weighted by atomic mass is 16.5. The van der Waals surface area contributed by atoms with Crippen molar-refractivity contribution in [2.45, 2.75) is 37.9 Å². The number of carbonyl (C=O) groups is 3. The number of aliphatic carboxylic acids is 1. The zero-order chi connectivity index (χ0) is 23.0. The average Bonchev–Trinajstić information content (AvgIpc) is 3.25. The second-order valence-electron chi connectivity index (χ2n) is 8.32. The Kier molecular flexibility index (Phi) is 5.64. The standard InChI is InChI=1S/C24H26N2O6/c1-3-11-24(23(30)31)19-18(20(25-24)16-12-15(32-2)9-10-17(16)27)21(28)26(22(19)29)13-14-7-5-4-6-8-14/h4-10,12,18-20,25,27H,3,11,13H2,1-2H3,(H,30,31)/t18-,19-,20+,24-/m0/s1. The van der Waals surface area contributed by atoms with Gasteiger partial charge in [0.2, 0.25) is 11.8 Å². The van der Waals surface area contributed by atoms with Gasteiger partial charge in [-0.15, -0.1) is 0 Å². The molecule has 4 atom stereocenters. The lowest BCUT2D eigenvalue weighted by molar-refractivity contribution is -0.152. The van der Waals surface area contributed by atoms with Crippen LogP contribution in [0.5, 0.6) is 11.5 Å². The molecule has 0 spiro atoms. The summed E-state index contributed by atoms with van der Waals surface area (Å²) in [5.74, 6) is -3.79. The summed E-state index contributed by atoms with van der Waals surface area (Å²) in [7, 11) is 1.48. The lowest BCUT2D eigenvalue weighted by Crippen LogP contribution is -2.55. The first-order valence-corrected chi connectivity index (χ1v) is 10.6. The van der Waals surface area contributed by atoms with E-state index in [2.05, 4.69) is 5.32 Å². The summed E-state index contributed by atoms with van der Waals surface area (Å²) in [4.78, 5) is 40.7. The average molecular weight is 438 g/mol. The number of hydrogen-bond donors (Lipinski definition) is 3. The number of phenols is 1. The van der Waals surface area contributed by atoms with E-state index >= 15 is 0 Å². The van der Waals surface area contributed by atoms with Gasteiger partial charge in [-0.2, -0.15) is 0 Å². The largest absolute Gasteiger partial charge is 0.508 e. The first kappa shape index (κ1) is 21.8. The first-order valence-electron chi connectivity index (χ1n) is 10.6. The van der Waals surface area contributed by atoms with Gasteiger partial charge in [-0.3, -0.25) is 24.6 Å². The van der Waals surface area contributed by atoms with E-state index in [9.17, 15) is 24.6 Å². The van der Waals surface area contributed by atoms with Gasteiger partial charge in [0.05, 0.1) is 25.5 Å². The van der Waals surface area contributed by atoms with Crippen molar-refractivity contribution in [1.29, 1.82) is 0 Å². The molecule has 8 nitrogen and oxygen atoms in total. The predicted molar refractivity (Wildman–Crippen MR) is 115 cm³/mol. The topological polar surface area (TPSA) is 116 Å². The number of carboxylic acids is 1. The van der Waals surface area contributed by atoms with Gasteiger partial charge < -0.3 is 14.9 Å². The summed E-state index contributed by atoms with van der Waals surface area (Å²) in [6, 6.07) is 12.8. The minimum Gasteiger partial charge on any atom is -0.508 e. The van der Waals surface area contributed by atoms with Crippen LogP contribution in [0.3, 0.4) is 0 Å². The highest BCUT2D eigenvalue weighted by Gasteiger charge is 2.68. The molecule has 2 amide bonds. The van der Waals surface area contributed by atoms with Crippen LogP contribution in [0, 0.1) is 11.8 Å². The minimum atomic E-state index is -1.61. The number of phenolic OH excluding ortho intramolecular Hbond substituents is 1. The number of carbonyl (C=O) groups excluding carboxylic acids is 2. The summed E-state index contributed by atoms with van der Waals surface area (Å²) >= 11 is 0. The van der Waals surface area contributed by atoms with Gasteiger partial charge in [-0.25, -0.2) is 0 Å². The van der Waals surface area contributed by atoms with E-state index in [1.54, 1.807) is 12.1 Å². The van der Waals surface area contributed by atoms with Crippen LogP contribution in [0.1, 0.15) is 36.9 Å². The Balaban J connectivity index is 1.82. The molecule has 4 rings (SSSR count). The zero-order valence-electron chi connectivity index (χ0n) is 17.9. The Bertz CT molecular complexity index is 1060. The molecule has 8 heteroatoms. The predicted octanol–water partition coefficient (Wildman–Crippen LogP) is 2.47. The number of imide groups is 1. The number of amides is 2. The number of fused-ring (bicyclic) bond motifs is 1. The van der Waals surface area contributed by atoms with E-state index in [-0.39, 0.29) is 18.7 Å². The highest BCUT2D eigenvalue weighted by molar-refractivity contribution is 6.09. The second-order valence-corrected chi connectivity index (χ2v) is 8.32. The molecule has 0 aromatic heterocycles. The molecule has 0 aliphatic carbocycles. The maximum absolute atomic E-state index is 13.5. The monoisotopic (exact) mass is 438 g/mol. The van der Waals surface area contributed by atoms with Gasteiger partial charge in [-0.05, 0) is 30.2 Å². The summed E-state index contributed by atoms with van der Waals surface area (Å²) in [5.41, 5.74) is -0.502. The van der Waals surface area contributed by atoms with Gasteiger partial charge in [0, 0.05) is 11.6 Å². The molecular formula is C24H26N2O6. The molecule has 2 fully saturated rings. The molecule has 0 radical (unpaired) electrons. The van der Waals surface area contributed by atoms with Crippen LogP contribution in [0.25, 0.3) is 0 Å².